The van der Waals surface area contributed by atoms with Crippen LogP contribution in [-0.4, -0.2) is 30.2 Å². The lowest BCUT2D eigenvalue weighted by molar-refractivity contribution is 0.262. The van der Waals surface area contributed by atoms with E-state index in [1.54, 1.807) is 68.4 Å². The van der Waals surface area contributed by atoms with Gasteiger partial charge in [-0.05, 0) is 24.3 Å². The number of nitrogens with zero attached hydrogens (tertiary/aromatic N) is 2. The first-order chi connectivity index (χ1) is 15.1. The number of halogens is 1. The predicted molar refractivity (Wildman–Crippen MR) is 121 cm³/mol. The van der Waals surface area contributed by atoms with Gasteiger partial charge in [0.1, 0.15) is 11.5 Å². The van der Waals surface area contributed by atoms with E-state index in [-0.39, 0.29) is 0 Å². The van der Waals surface area contributed by atoms with Crippen LogP contribution in [0.5, 0.6) is 23.0 Å². The zero-order chi connectivity index (χ0) is 21.8. The highest BCUT2D eigenvalue weighted by Crippen LogP contribution is 2.37. The molecular formula is C21H17ClN4O4S. The van der Waals surface area contributed by atoms with E-state index >= 15 is 0 Å². The number of amides is 2. The van der Waals surface area contributed by atoms with Crippen LogP contribution in [0.3, 0.4) is 0 Å². The number of ether oxygens (including phenoxy) is 3. The molecule has 0 fully saturated rings. The maximum atomic E-state index is 12.1. The zero-order valence-electron chi connectivity index (χ0n) is 16.5. The molecule has 4 rings (SSSR count). The Balaban J connectivity index is 1.55. The van der Waals surface area contributed by atoms with Crippen LogP contribution in [0, 0.1) is 0 Å². The van der Waals surface area contributed by atoms with Crippen LogP contribution < -0.4 is 24.8 Å². The van der Waals surface area contributed by atoms with Gasteiger partial charge in [0.05, 0.1) is 30.4 Å². The molecule has 0 bridgehead atoms. The van der Waals surface area contributed by atoms with Crippen molar-refractivity contribution in [1.82, 2.24) is 9.97 Å². The number of hydrogen-bond acceptors (Lipinski definition) is 7. The highest BCUT2D eigenvalue weighted by Gasteiger charge is 2.13. The molecule has 31 heavy (non-hydrogen) atoms. The number of thiazole rings is 1. The molecule has 0 atom stereocenters. The van der Waals surface area contributed by atoms with Crippen molar-refractivity contribution in [3.63, 3.8) is 0 Å². The summed E-state index contributed by atoms with van der Waals surface area (Å²) in [5, 5.41) is 8.65. The van der Waals surface area contributed by atoms with E-state index < -0.39 is 6.03 Å². The van der Waals surface area contributed by atoms with E-state index in [4.69, 9.17) is 25.8 Å². The number of rotatable bonds is 6. The summed E-state index contributed by atoms with van der Waals surface area (Å²) in [4.78, 5) is 20.5. The van der Waals surface area contributed by atoms with Crippen molar-refractivity contribution < 1.29 is 19.0 Å². The summed E-state index contributed by atoms with van der Waals surface area (Å²) in [6.07, 6.45) is 3.25. The zero-order valence-corrected chi connectivity index (χ0v) is 18.1. The first-order valence-corrected chi connectivity index (χ1v) is 10.3. The molecule has 2 amide bonds. The van der Waals surface area contributed by atoms with Gasteiger partial charge in [0.25, 0.3) is 0 Å². The Morgan fingerprint density at radius 3 is 2.48 bits per heavy atom. The van der Waals surface area contributed by atoms with Crippen molar-refractivity contribution in [2.45, 2.75) is 0 Å². The van der Waals surface area contributed by atoms with E-state index in [2.05, 4.69) is 20.6 Å². The average Bonchev–Trinajstić information content (AvgIpc) is 3.27. The van der Waals surface area contributed by atoms with Gasteiger partial charge in [-0.3, -0.25) is 10.3 Å². The van der Waals surface area contributed by atoms with Crippen LogP contribution in [-0.2, 0) is 0 Å². The number of carbonyl (C=O) groups is 1. The molecule has 10 heteroatoms. The number of pyridine rings is 1. The number of anilines is 2. The van der Waals surface area contributed by atoms with Gasteiger partial charge in [-0.25, -0.2) is 9.78 Å². The van der Waals surface area contributed by atoms with Gasteiger partial charge in [0, 0.05) is 35.3 Å². The number of methoxy groups -OCH3 is 2. The summed E-state index contributed by atoms with van der Waals surface area (Å²) in [5.41, 5.74) is 1.13. The van der Waals surface area contributed by atoms with Gasteiger partial charge in [-0.2, -0.15) is 0 Å². The molecule has 2 aromatic heterocycles. The Morgan fingerprint density at radius 2 is 1.77 bits per heavy atom. The van der Waals surface area contributed by atoms with Gasteiger partial charge in [-0.1, -0.05) is 11.6 Å². The average molecular weight is 457 g/mol. The fraction of sp³-hybridized carbons (Fsp3) is 0.0952. The summed E-state index contributed by atoms with van der Waals surface area (Å²) in [7, 11) is 3.13. The highest BCUT2D eigenvalue weighted by molar-refractivity contribution is 7.13. The first-order valence-electron chi connectivity index (χ1n) is 9.03. The number of fused-ring (bicyclic) bond motifs is 1. The van der Waals surface area contributed by atoms with Crippen molar-refractivity contribution in [2.75, 3.05) is 24.9 Å². The Morgan fingerprint density at radius 1 is 0.968 bits per heavy atom. The molecule has 4 aromatic rings. The third-order valence-corrected chi connectivity index (χ3v) is 5.28. The maximum absolute atomic E-state index is 12.1. The van der Waals surface area contributed by atoms with Gasteiger partial charge < -0.3 is 19.5 Å². The first kappa shape index (κ1) is 20.7. The van der Waals surface area contributed by atoms with Crippen LogP contribution >= 0.6 is 22.9 Å². The third-order valence-electron chi connectivity index (χ3n) is 4.28. The molecule has 0 radical (unpaired) electrons. The lowest BCUT2D eigenvalue weighted by atomic mass is 10.2. The molecule has 158 valence electrons. The third kappa shape index (κ3) is 4.62. The second-order valence-corrected chi connectivity index (χ2v) is 7.50. The van der Waals surface area contributed by atoms with E-state index in [1.807, 2.05) is 0 Å². The van der Waals surface area contributed by atoms with Crippen molar-refractivity contribution in [1.29, 1.82) is 0 Å². The van der Waals surface area contributed by atoms with Gasteiger partial charge >= 0.3 is 6.03 Å². The monoisotopic (exact) mass is 456 g/mol. The van der Waals surface area contributed by atoms with E-state index in [1.165, 1.54) is 11.3 Å². The molecule has 0 aliphatic heterocycles. The van der Waals surface area contributed by atoms with E-state index in [0.717, 1.165) is 5.39 Å². The van der Waals surface area contributed by atoms with Gasteiger partial charge in [0.15, 0.2) is 16.6 Å². The van der Waals surface area contributed by atoms with Crippen LogP contribution in [0.4, 0.5) is 15.6 Å². The molecule has 0 unspecified atom stereocenters. The minimum absolute atomic E-state index is 0.324. The number of nitrogens with one attached hydrogen (secondary N) is 2. The molecule has 8 nitrogen and oxygen atoms in total. The normalized spacial score (nSPS) is 10.5. The maximum Gasteiger partial charge on any atom is 0.325 e. The molecule has 2 aromatic carbocycles. The van der Waals surface area contributed by atoms with Crippen LogP contribution in [0.1, 0.15) is 0 Å². The molecular weight excluding hydrogens is 440 g/mol. The number of hydrogen-bond donors (Lipinski definition) is 2. The number of benzene rings is 2. The van der Waals surface area contributed by atoms with Crippen LogP contribution in [0.25, 0.3) is 10.9 Å². The fourth-order valence-corrected chi connectivity index (χ4v) is 3.60. The van der Waals surface area contributed by atoms with Crippen molar-refractivity contribution in [3.8, 4) is 23.0 Å². The van der Waals surface area contributed by atoms with Crippen molar-refractivity contribution >= 4 is 50.7 Å². The Kier molecular flexibility index (Phi) is 6.06. The lowest BCUT2D eigenvalue weighted by Gasteiger charge is -2.13. The van der Waals surface area contributed by atoms with Gasteiger partial charge in [-0.15, -0.1) is 11.3 Å². The minimum atomic E-state index is -0.438. The summed E-state index contributed by atoms with van der Waals surface area (Å²) in [5.74, 6) is 2.22. The molecule has 0 aliphatic carbocycles. The molecule has 0 saturated carbocycles. The van der Waals surface area contributed by atoms with Crippen molar-refractivity contribution in [3.05, 3.63) is 59.2 Å². The summed E-state index contributed by atoms with van der Waals surface area (Å²) >= 11 is 7.66. The summed E-state index contributed by atoms with van der Waals surface area (Å²) < 4.78 is 16.7. The van der Waals surface area contributed by atoms with Gasteiger partial charge in [0.2, 0.25) is 0 Å². The van der Waals surface area contributed by atoms with E-state index in [9.17, 15) is 4.79 Å². The van der Waals surface area contributed by atoms with Crippen LogP contribution in [0.15, 0.2) is 54.2 Å². The Bertz CT molecular complexity index is 1230. The minimum Gasteiger partial charge on any atom is -0.493 e. The molecule has 2 N–H and O–H groups in total. The summed E-state index contributed by atoms with van der Waals surface area (Å²) in [6.45, 7) is 0. The molecule has 0 saturated heterocycles. The summed E-state index contributed by atoms with van der Waals surface area (Å²) in [6, 6.07) is 9.87. The number of urea groups is 1. The Labute approximate surface area is 186 Å². The quantitative estimate of drug-likeness (QED) is 0.381. The standard InChI is InChI=1S/C21H17ClN4O4S/c1-28-18-10-13-16(11-19(18)29-2)23-6-5-17(13)30-12-3-4-15(14(22)9-12)25-20(27)26-21-24-7-8-31-21/h3-11H,1-2H3,(H2,24,25,26,27). The molecule has 0 spiro atoms. The number of aromatic nitrogens is 2. The van der Waals surface area contributed by atoms with Crippen LogP contribution in [0.2, 0.25) is 5.02 Å². The SMILES string of the molecule is COc1cc2nccc(Oc3ccc(NC(=O)Nc4nccs4)c(Cl)c3)c2cc1OC. The largest absolute Gasteiger partial charge is 0.493 e. The second-order valence-electron chi connectivity index (χ2n) is 6.19. The lowest BCUT2D eigenvalue weighted by Crippen LogP contribution is -2.19. The fourth-order valence-electron chi connectivity index (χ4n) is 2.86. The Hall–Kier alpha value is -3.56. The molecule has 2 heterocycles. The molecule has 0 aliphatic rings. The predicted octanol–water partition coefficient (Wildman–Crippen LogP) is 5.80. The topological polar surface area (TPSA) is 94.6 Å². The van der Waals surface area contributed by atoms with E-state index in [0.29, 0.717) is 44.4 Å². The number of carbonyl (C=O) groups excluding carboxylic acids is 1. The smallest absolute Gasteiger partial charge is 0.325 e. The van der Waals surface area contributed by atoms with Crippen molar-refractivity contribution in [2.24, 2.45) is 0 Å². The highest BCUT2D eigenvalue weighted by atomic mass is 35.5. The second kappa shape index (κ2) is 9.07.